The van der Waals surface area contributed by atoms with Crippen LogP contribution in [0.2, 0.25) is 0 Å². The summed E-state index contributed by atoms with van der Waals surface area (Å²) in [4.78, 5) is 55.1. The smallest absolute Gasteiger partial charge is 0.326 e. The van der Waals surface area contributed by atoms with Crippen LogP contribution in [-0.2, 0) is 25.6 Å². The summed E-state index contributed by atoms with van der Waals surface area (Å²) < 4.78 is 0. The van der Waals surface area contributed by atoms with Crippen molar-refractivity contribution in [2.75, 3.05) is 18.6 Å². The Hall–Kier alpha value is -2.60. The van der Waals surface area contributed by atoms with Crippen molar-refractivity contribution in [1.29, 1.82) is 0 Å². The molecule has 3 amide bonds. The third-order valence-corrected chi connectivity index (χ3v) is 4.99. The molecular formula is C19H32N6O5S. The molecule has 31 heavy (non-hydrogen) atoms. The highest BCUT2D eigenvalue weighted by Gasteiger charge is 2.26. The zero-order valence-corrected chi connectivity index (χ0v) is 18.8. The van der Waals surface area contributed by atoms with Crippen LogP contribution in [0.1, 0.15) is 32.4 Å². The molecule has 1 rings (SSSR count). The molecular weight excluding hydrogens is 424 g/mol. The minimum atomic E-state index is -1.14. The number of nitrogens with one attached hydrogen (secondary N) is 4. The molecule has 0 fully saturated rings. The number of H-pyrrole nitrogens is 1. The zero-order chi connectivity index (χ0) is 23.4. The van der Waals surface area contributed by atoms with Gasteiger partial charge in [0.1, 0.15) is 12.1 Å². The average Bonchev–Trinajstić information content (AvgIpc) is 3.21. The van der Waals surface area contributed by atoms with E-state index in [9.17, 15) is 24.3 Å². The fourth-order valence-corrected chi connectivity index (χ4v) is 3.22. The predicted molar refractivity (Wildman–Crippen MR) is 117 cm³/mol. The maximum absolute atomic E-state index is 12.6. The number of carbonyl (C=O) groups is 4. The monoisotopic (exact) mass is 456 g/mol. The van der Waals surface area contributed by atoms with Crippen molar-refractivity contribution in [2.45, 2.75) is 51.2 Å². The zero-order valence-electron chi connectivity index (χ0n) is 18.0. The third kappa shape index (κ3) is 10.3. The van der Waals surface area contributed by atoms with Gasteiger partial charge in [0, 0.05) is 18.3 Å². The Morgan fingerprint density at radius 3 is 2.45 bits per heavy atom. The first-order chi connectivity index (χ1) is 14.6. The number of imidazole rings is 1. The normalized spacial score (nSPS) is 13.8. The molecule has 0 aliphatic rings. The topological polar surface area (TPSA) is 179 Å². The van der Waals surface area contributed by atoms with Crippen molar-refractivity contribution in [2.24, 2.45) is 11.7 Å². The van der Waals surface area contributed by atoms with Crippen LogP contribution in [-0.4, -0.2) is 75.4 Å². The Labute approximate surface area is 185 Å². The van der Waals surface area contributed by atoms with Gasteiger partial charge in [-0.15, -0.1) is 0 Å². The van der Waals surface area contributed by atoms with E-state index in [1.54, 1.807) is 0 Å². The minimum absolute atomic E-state index is 0.124. The molecule has 0 radical (unpaired) electrons. The fourth-order valence-electron chi connectivity index (χ4n) is 2.75. The highest BCUT2D eigenvalue weighted by molar-refractivity contribution is 7.98. The van der Waals surface area contributed by atoms with E-state index < -0.39 is 48.4 Å². The Morgan fingerprint density at radius 2 is 1.90 bits per heavy atom. The molecule has 0 saturated carbocycles. The van der Waals surface area contributed by atoms with Crippen LogP contribution in [0.5, 0.6) is 0 Å². The molecule has 0 saturated heterocycles. The van der Waals surface area contributed by atoms with E-state index in [0.717, 1.165) is 0 Å². The number of thioether (sulfide) groups is 1. The molecule has 0 aromatic carbocycles. The number of aliphatic carboxylic acids is 1. The first kappa shape index (κ1) is 26.4. The van der Waals surface area contributed by atoms with Gasteiger partial charge in [0.25, 0.3) is 0 Å². The molecule has 174 valence electrons. The lowest BCUT2D eigenvalue weighted by molar-refractivity contribution is -0.141. The van der Waals surface area contributed by atoms with Crippen molar-refractivity contribution in [3.63, 3.8) is 0 Å². The maximum Gasteiger partial charge on any atom is 0.326 e. The molecule has 1 aromatic rings. The highest BCUT2D eigenvalue weighted by Crippen LogP contribution is 2.05. The summed E-state index contributed by atoms with van der Waals surface area (Å²) in [6.07, 6.45) is 5.66. The largest absolute Gasteiger partial charge is 0.480 e. The highest BCUT2D eigenvalue weighted by atomic mass is 32.2. The molecule has 3 unspecified atom stereocenters. The molecule has 1 heterocycles. The van der Waals surface area contributed by atoms with Gasteiger partial charge in [0.15, 0.2) is 0 Å². The summed E-state index contributed by atoms with van der Waals surface area (Å²) in [5, 5.41) is 16.6. The van der Waals surface area contributed by atoms with E-state index in [1.165, 1.54) is 24.3 Å². The van der Waals surface area contributed by atoms with Gasteiger partial charge in [-0.25, -0.2) is 9.78 Å². The van der Waals surface area contributed by atoms with E-state index in [4.69, 9.17) is 5.73 Å². The maximum atomic E-state index is 12.6. The van der Waals surface area contributed by atoms with Gasteiger partial charge in [-0.2, -0.15) is 11.8 Å². The second-order valence-electron chi connectivity index (χ2n) is 7.54. The van der Waals surface area contributed by atoms with Crippen LogP contribution < -0.4 is 21.7 Å². The summed E-state index contributed by atoms with van der Waals surface area (Å²) >= 11 is 1.47. The molecule has 0 spiro atoms. The number of nitrogens with two attached hydrogens (primary N) is 1. The van der Waals surface area contributed by atoms with E-state index >= 15 is 0 Å². The number of nitrogens with zero attached hydrogens (tertiary/aromatic N) is 1. The quantitative estimate of drug-likeness (QED) is 0.211. The van der Waals surface area contributed by atoms with Crippen molar-refractivity contribution in [3.05, 3.63) is 18.2 Å². The molecule has 11 nitrogen and oxygen atoms in total. The third-order valence-electron chi connectivity index (χ3n) is 4.34. The number of carboxylic acid groups (broad SMARTS) is 1. The van der Waals surface area contributed by atoms with E-state index in [2.05, 4.69) is 25.9 Å². The van der Waals surface area contributed by atoms with Gasteiger partial charge in [-0.3, -0.25) is 14.4 Å². The molecule has 7 N–H and O–H groups in total. The Balaban J connectivity index is 2.70. The number of carboxylic acids is 1. The van der Waals surface area contributed by atoms with Crippen LogP contribution in [0, 0.1) is 5.92 Å². The van der Waals surface area contributed by atoms with E-state index in [1.807, 2.05) is 20.1 Å². The van der Waals surface area contributed by atoms with Crippen LogP contribution in [0.4, 0.5) is 0 Å². The van der Waals surface area contributed by atoms with Crippen LogP contribution in [0.3, 0.4) is 0 Å². The second kappa shape index (κ2) is 13.7. The second-order valence-corrected chi connectivity index (χ2v) is 8.52. The summed E-state index contributed by atoms with van der Waals surface area (Å²) in [6.45, 7) is 3.45. The lowest BCUT2D eigenvalue weighted by atomic mass is 10.0. The molecule has 0 aliphatic heterocycles. The van der Waals surface area contributed by atoms with E-state index in [-0.39, 0.29) is 18.8 Å². The number of hydrogen-bond acceptors (Lipinski definition) is 7. The van der Waals surface area contributed by atoms with Crippen molar-refractivity contribution in [1.82, 2.24) is 25.9 Å². The molecule has 0 aliphatic carbocycles. The molecule has 3 atom stereocenters. The van der Waals surface area contributed by atoms with Crippen molar-refractivity contribution >= 4 is 35.5 Å². The molecule has 0 bridgehead atoms. The summed E-state index contributed by atoms with van der Waals surface area (Å²) in [5.74, 6) is -2.06. The van der Waals surface area contributed by atoms with Crippen molar-refractivity contribution in [3.8, 4) is 0 Å². The first-order valence-corrected chi connectivity index (χ1v) is 11.3. The van der Waals surface area contributed by atoms with Gasteiger partial charge < -0.3 is 31.8 Å². The van der Waals surface area contributed by atoms with Gasteiger partial charge in [0.2, 0.25) is 17.7 Å². The predicted octanol–water partition coefficient (Wildman–Crippen LogP) is -0.751. The number of hydrogen-bond donors (Lipinski definition) is 6. The summed E-state index contributed by atoms with van der Waals surface area (Å²) in [7, 11) is 0. The lowest BCUT2D eigenvalue weighted by Crippen LogP contribution is -2.54. The van der Waals surface area contributed by atoms with Gasteiger partial charge in [-0.1, -0.05) is 13.8 Å². The standard InChI is InChI=1S/C19H32N6O5S/c1-11(2)6-13(20)17(27)25-15(7-12-8-21-10-23-12)18(28)22-9-16(26)24-14(19(29)30)4-5-31-3/h8,10-11,13-15H,4-7,9,20H2,1-3H3,(H,21,23)(H,22,28)(H,24,26)(H,25,27)(H,29,30). The van der Waals surface area contributed by atoms with Gasteiger partial charge in [0.05, 0.1) is 18.9 Å². The molecule has 1 aromatic heterocycles. The minimum Gasteiger partial charge on any atom is -0.480 e. The van der Waals surface area contributed by atoms with Crippen molar-refractivity contribution < 1.29 is 24.3 Å². The summed E-state index contributed by atoms with van der Waals surface area (Å²) in [6, 6.07) is -2.79. The average molecular weight is 457 g/mol. The number of amides is 3. The fraction of sp³-hybridized carbons (Fsp3) is 0.632. The summed E-state index contributed by atoms with van der Waals surface area (Å²) in [5.41, 5.74) is 6.52. The van der Waals surface area contributed by atoms with Crippen LogP contribution in [0.25, 0.3) is 0 Å². The number of aromatic nitrogens is 2. The van der Waals surface area contributed by atoms with Gasteiger partial charge in [-0.05, 0) is 30.8 Å². The Morgan fingerprint density at radius 1 is 1.19 bits per heavy atom. The lowest BCUT2D eigenvalue weighted by Gasteiger charge is -2.21. The Bertz CT molecular complexity index is 727. The molecule has 12 heteroatoms. The van der Waals surface area contributed by atoms with E-state index in [0.29, 0.717) is 17.9 Å². The van der Waals surface area contributed by atoms with Gasteiger partial charge >= 0.3 is 5.97 Å². The van der Waals surface area contributed by atoms with Crippen LogP contribution in [0.15, 0.2) is 12.5 Å². The number of carbonyl (C=O) groups excluding carboxylic acids is 3. The first-order valence-electron chi connectivity index (χ1n) is 9.96. The Kier molecular flexibility index (Phi) is 11.6. The number of aromatic amines is 1. The SMILES string of the molecule is CSCCC(NC(=O)CNC(=O)C(Cc1cnc[nH]1)NC(=O)C(N)CC(C)C)C(=O)O. The number of rotatable bonds is 14. The van der Waals surface area contributed by atoms with Crippen LogP contribution >= 0.6 is 11.8 Å².